The van der Waals surface area contributed by atoms with Crippen molar-refractivity contribution in [2.45, 2.75) is 0 Å². The van der Waals surface area contributed by atoms with Crippen molar-refractivity contribution in [3.05, 3.63) is 22.7 Å². The molecular formula is C6H9N6O5P. The molecule has 0 fully saturated rings. The Hall–Kier alpha value is -1.91. The van der Waals surface area contributed by atoms with Gasteiger partial charge in [-0.05, 0) is 0 Å². The molecule has 2 heterocycles. The summed E-state index contributed by atoms with van der Waals surface area (Å²) in [6.07, 6.45) is 2.88. The number of hydrogen-bond acceptors (Lipinski definition) is 7. The third-order valence-corrected chi connectivity index (χ3v) is 1.48. The Morgan fingerprint density at radius 2 is 1.83 bits per heavy atom. The fourth-order valence-corrected chi connectivity index (χ4v) is 0.942. The Labute approximate surface area is 99.0 Å². The molecule has 0 bridgehead atoms. The maximum Gasteiger partial charge on any atom is 0.466 e. The van der Waals surface area contributed by atoms with E-state index < -0.39 is 7.82 Å². The molecule has 2 rings (SSSR count). The minimum Gasteiger partial charge on any atom is -0.303 e. The van der Waals surface area contributed by atoms with Crippen LogP contribution in [0.2, 0.25) is 0 Å². The summed E-state index contributed by atoms with van der Waals surface area (Å²) in [7, 11) is -4.64. The monoisotopic (exact) mass is 276 g/mol. The predicted octanol–water partition coefficient (Wildman–Crippen LogP) is -1.93. The van der Waals surface area contributed by atoms with Gasteiger partial charge in [0, 0.05) is 12.4 Å². The van der Waals surface area contributed by atoms with Gasteiger partial charge in [-0.25, -0.2) is 20.4 Å². The fourth-order valence-electron chi connectivity index (χ4n) is 0.942. The van der Waals surface area contributed by atoms with Crippen LogP contribution in [-0.4, -0.2) is 34.6 Å². The van der Waals surface area contributed by atoms with Crippen LogP contribution < -0.4 is 16.8 Å². The van der Waals surface area contributed by atoms with Gasteiger partial charge >= 0.3 is 7.82 Å². The molecule has 18 heavy (non-hydrogen) atoms. The van der Waals surface area contributed by atoms with Crippen molar-refractivity contribution in [3.63, 3.8) is 0 Å². The van der Waals surface area contributed by atoms with E-state index in [9.17, 15) is 4.79 Å². The van der Waals surface area contributed by atoms with Gasteiger partial charge in [-0.2, -0.15) is 4.98 Å². The second kappa shape index (κ2) is 5.62. The number of nitrogen functional groups attached to an aromatic ring is 1. The number of rotatable bonds is 1. The molecule has 11 nitrogen and oxygen atoms in total. The number of aromatic nitrogens is 4. The van der Waals surface area contributed by atoms with Crippen LogP contribution in [0, 0.1) is 0 Å². The molecule has 0 aliphatic carbocycles. The quantitative estimate of drug-likeness (QED) is 0.194. The SMILES string of the molecule is NNc1nc2nccnc2c(=O)[nH]1.O=P(O)(O)O. The first-order chi connectivity index (χ1) is 8.31. The second-order valence-electron chi connectivity index (χ2n) is 2.80. The average Bonchev–Trinajstić information content (AvgIpc) is 2.26. The summed E-state index contributed by atoms with van der Waals surface area (Å²) in [5, 5.41) is 0. The molecule has 0 amide bonds. The zero-order valence-corrected chi connectivity index (χ0v) is 9.57. The highest BCUT2D eigenvalue weighted by Crippen LogP contribution is 2.25. The largest absolute Gasteiger partial charge is 0.466 e. The molecule has 0 spiro atoms. The number of hydrogen-bond donors (Lipinski definition) is 6. The average molecular weight is 276 g/mol. The van der Waals surface area contributed by atoms with Crippen molar-refractivity contribution in [3.8, 4) is 0 Å². The highest BCUT2D eigenvalue weighted by Gasteiger charge is 2.03. The number of aromatic amines is 1. The maximum atomic E-state index is 11.3. The van der Waals surface area contributed by atoms with Gasteiger partial charge in [0.2, 0.25) is 5.95 Å². The van der Waals surface area contributed by atoms with Gasteiger partial charge in [0.05, 0.1) is 0 Å². The van der Waals surface area contributed by atoms with Gasteiger partial charge in [0.15, 0.2) is 11.2 Å². The zero-order valence-electron chi connectivity index (χ0n) is 8.68. The number of H-pyrrole nitrogens is 1. The van der Waals surface area contributed by atoms with Gasteiger partial charge in [0.1, 0.15) is 0 Å². The third kappa shape index (κ3) is 4.53. The van der Waals surface area contributed by atoms with Crippen LogP contribution in [0.5, 0.6) is 0 Å². The van der Waals surface area contributed by atoms with Gasteiger partial charge < -0.3 is 14.7 Å². The fraction of sp³-hybridized carbons (Fsp3) is 0. The molecule has 7 N–H and O–H groups in total. The number of nitrogens with one attached hydrogen (secondary N) is 2. The van der Waals surface area contributed by atoms with Crippen LogP contribution in [0.25, 0.3) is 11.2 Å². The summed E-state index contributed by atoms with van der Waals surface area (Å²) in [6, 6.07) is 0. The van der Waals surface area contributed by atoms with Crippen molar-refractivity contribution < 1.29 is 19.2 Å². The standard InChI is InChI=1S/C6H6N6O.H3O4P/c7-12-6-10-4-3(5(13)11-6)8-1-2-9-4;1-5(2,3)4/h1-2H,7H2,(H2,9,10,11,12,13);(H3,1,2,3,4). The summed E-state index contributed by atoms with van der Waals surface area (Å²) in [6.45, 7) is 0. The molecule has 0 aromatic carbocycles. The summed E-state index contributed by atoms with van der Waals surface area (Å²) in [4.78, 5) is 46.8. The first kappa shape index (κ1) is 14.2. The molecule has 98 valence electrons. The van der Waals surface area contributed by atoms with Gasteiger partial charge in [-0.15, -0.1) is 0 Å². The van der Waals surface area contributed by atoms with Crippen molar-refractivity contribution >= 4 is 24.9 Å². The summed E-state index contributed by atoms with van der Waals surface area (Å²) >= 11 is 0. The highest BCUT2D eigenvalue weighted by atomic mass is 31.2. The van der Waals surface area contributed by atoms with E-state index in [1.807, 2.05) is 0 Å². The van der Waals surface area contributed by atoms with E-state index >= 15 is 0 Å². The van der Waals surface area contributed by atoms with Crippen LogP contribution in [0.4, 0.5) is 5.95 Å². The van der Waals surface area contributed by atoms with Crippen LogP contribution in [0.15, 0.2) is 17.2 Å². The van der Waals surface area contributed by atoms with Crippen LogP contribution >= 0.6 is 7.82 Å². The molecule has 2 aromatic rings. The molecule has 0 radical (unpaired) electrons. The van der Waals surface area contributed by atoms with E-state index in [1.54, 1.807) is 0 Å². The summed E-state index contributed by atoms with van der Waals surface area (Å²) in [5.74, 6) is 5.24. The maximum absolute atomic E-state index is 11.3. The minimum atomic E-state index is -4.64. The Morgan fingerprint density at radius 3 is 2.39 bits per heavy atom. The smallest absolute Gasteiger partial charge is 0.303 e. The Morgan fingerprint density at radius 1 is 1.28 bits per heavy atom. The molecule has 0 aliphatic rings. The lowest BCUT2D eigenvalue weighted by Crippen LogP contribution is -2.17. The zero-order chi connectivity index (χ0) is 13.8. The van der Waals surface area contributed by atoms with E-state index in [4.69, 9.17) is 25.1 Å². The van der Waals surface area contributed by atoms with Crippen LogP contribution in [0.3, 0.4) is 0 Å². The molecule has 12 heteroatoms. The van der Waals surface area contributed by atoms with E-state index in [1.165, 1.54) is 12.4 Å². The van der Waals surface area contributed by atoms with Crippen molar-refractivity contribution in [2.75, 3.05) is 5.43 Å². The Bertz CT molecular complexity index is 629. The number of nitrogens with zero attached hydrogens (tertiary/aromatic N) is 3. The topological polar surface area (TPSA) is 187 Å². The molecule has 0 unspecified atom stereocenters. The molecule has 2 aromatic heterocycles. The first-order valence-corrected chi connectivity index (χ1v) is 5.83. The minimum absolute atomic E-state index is 0.165. The van der Waals surface area contributed by atoms with E-state index in [0.717, 1.165) is 0 Å². The molecule has 0 aliphatic heterocycles. The molecular weight excluding hydrogens is 267 g/mol. The van der Waals surface area contributed by atoms with Gasteiger partial charge in [0.25, 0.3) is 5.56 Å². The predicted molar refractivity (Wildman–Crippen MR) is 60.0 cm³/mol. The van der Waals surface area contributed by atoms with Crippen molar-refractivity contribution in [1.29, 1.82) is 0 Å². The highest BCUT2D eigenvalue weighted by molar-refractivity contribution is 7.45. The van der Waals surface area contributed by atoms with E-state index in [0.29, 0.717) is 0 Å². The number of fused-ring (bicyclic) bond motifs is 1. The van der Waals surface area contributed by atoms with Crippen LogP contribution in [0.1, 0.15) is 0 Å². The Balaban J connectivity index is 0.000000280. The summed E-state index contributed by atoms with van der Waals surface area (Å²) < 4.78 is 8.88. The number of nitrogens with two attached hydrogens (primary N) is 1. The summed E-state index contributed by atoms with van der Waals surface area (Å²) in [5.41, 5.74) is 2.32. The van der Waals surface area contributed by atoms with Crippen LogP contribution in [-0.2, 0) is 4.57 Å². The number of phosphoric acid groups is 1. The third-order valence-electron chi connectivity index (χ3n) is 1.48. The van der Waals surface area contributed by atoms with Gasteiger partial charge in [-0.1, -0.05) is 0 Å². The van der Waals surface area contributed by atoms with Crippen molar-refractivity contribution in [1.82, 2.24) is 19.9 Å². The molecule has 0 saturated carbocycles. The second-order valence-corrected chi connectivity index (χ2v) is 3.83. The first-order valence-electron chi connectivity index (χ1n) is 4.27. The van der Waals surface area contributed by atoms with E-state index in [-0.39, 0.29) is 22.7 Å². The number of hydrazine groups is 1. The lowest BCUT2D eigenvalue weighted by Gasteiger charge is -1.98. The van der Waals surface area contributed by atoms with E-state index in [2.05, 4.69) is 25.4 Å². The normalized spacial score (nSPS) is 10.7. The molecule has 0 saturated heterocycles. The molecule has 0 atom stereocenters. The lowest BCUT2D eigenvalue weighted by molar-refractivity contribution is 0.275. The number of anilines is 1. The Kier molecular flexibility index (Phi) is 4.42. The lowest BCUT2D eigenvalue weighted by atomic mass is 10.5. The van der Waals surface area contributed by atoms with Gasteiger partial charge in [-0.3, -0.25) is 15.2 Å². The van der Waals surface area contributed by atoms with Crippen molar-refractivity contribution in [2.24, 2.45) is 5.84 Å².